The van der Waals surface area contributed by atoms with E-state index in [1.807, 2.05) is 0 Å². The van der Waals surface area contributed by atoms with Crippen LogP contribution in [-0.2, 0) is 71.4 Å². The summed E-state index contributed by atoms with van der Waals surface area (Å²) < 4.78 is 50.1. The van der Waals surface area contributed by atoms with Gasteiger partial charge in [0.25, 0.3) is 0 Å². The van der Waals surface area contributed by atoms with Crippen molar-refractivity contribution in [1.29, 1.82) is 0 Å². The first-order valence-corrected chi connectivity index (χ1v) is 12.6. The Bertz CT molecular complexity index is 964. The first-order valence-electron chi connectivity index (χ1n) is 12.6. The minimum atomic E-state index is -1.52. The fourth-order valence-corrected chi connectivity index (χ4v) is 4.51. The van der Waals surface area contributed by atoms with E-state index in [9.17, 15) is 28.8 Å². The lowest BCUT2D eigenvalue weighted by atomic mass is 9.94. The van der Waals surface area contributed by atoms with Crippen molar-refractivity contribution in [2.24, 2.45) is 0 Å². The lowest BCUT2D eigenvalue weighted by Crippen LogP contribution is -2.66. The van der Waals surface area contributed by atoms with Crippen molar-refractivity contribution in [3.63, 3.8) is 0 Å². The van der Waals surface area contributed by atoms with Crippen LogP contribution in [0.4, 0.5) is 0 Å². The predicted octanol–water partition coefficient (Wildman–Crippen LogP) is 0.125. The molecule has 2 fully saturated rings. The number of carbonyl (C=O) groups excluding carboxylic acids is 6. The van der Waals surface area contributed by atoms with Crippen LogP contribution >= 0.6 is 0 Å². The molecule has 2 aliphatic rings. The molecule has 0 aliphatic carbocycles. The maximum Gasteiger partial charge on any atom is 0.303 e. The van der Waals surface area contributed by atoms with E-state index in [1.165, 1.54) is 13.8 Å². The second kappa shape index (κ2) is 14.4. The Kier molecular flexibility index (Phi) is 11.8. The van der Waals surface area contributed by atoms with Gasteiger partial charge in [-0.3, -0.25) is 28.8 Å². The highest BCUT2D eigenvalue weighted by molar-refractivity contribution is 5.69. The molecule has 2 aliphatic heterocycles. The van der Waals surface area contributed by atoms with Crippen LogP contribution in [0.1, 0.15) is 55.4 Å². The van der Waals surface area contributed by atoms with Gasteiger partial charge < -0.3 is 42.6 Å². The second-order valence-corrected chi connectivity index (χ2v) is 9.36. The highest BCUT2D eigenvalue weighted by Crippen LogP contribution is 2.34. The summed E-state index contributed by atoms with van der Waals surface area (Å²) in [5.74, 6) is -4.39. The monoisotopic (exact) mass is 576 g/mol. The Morgan fingerprint density at radius 1 is 0.500 bits per heavy atom. The number of hydrogen-bond donors (Lipinski definition) is 0. The molecular formula is C25H36O15. The molecule has 0 aromatic heterocycles. The van der Waals surface area contributed by atoms with Gasteiger partial charge in [-0.05, 0) is 13.8 Å². The summed E-state index contributed by atoms with van der Waals surface area (Å²) in [5.41, 5.74) is 0. The molecule has 2 unspecified atom stereocenters. The van der Waals surface area contributed by atoms with Crippen LogP contribution in [0.2, 0.25) is 0 Å². The van der Waals surface area contributed by atoms with Crippen molar-refractivity contribution >= 4 is 35.8 Å². The molecule has 0 radical (unpaired) electrons. The fraction of sp³-hybridized carbons (Fsp3) is 0.760. The molecule has 15 heteroatoms. The zero-order valence-corrected chi connectivity index (χ0v) is 23.6. The summed E-state index contributed by atoms with van der Waals surface area (Å²) in [5, 5.41) is 0. The molecular weight excluding hydrogens is 540 g/mol. The molecule has 226 valence electrons. The van der Waals surface area contributed by atoms with Gasteiger partial charge in [-0.15, -0.1) is 0 Å². The Labute approximate surface area is 230 Å². The van der Waals surface area contributed by atoms with E-state index in [0.717, 1.165) is 34.6 Å². The molecule has 0 spiro atoms. The molecule has 0 amide bonds. The Morgan fingerprint density at radius 2 is 0.875 bits per heavy atom. The normalized spacial score (nSPS) is 33.6. The first-order chi connectivity index (χ1) is 18.6. The van der Waals surface area contributed by atoms with Gasteiger partial charge in [-0.2, -0.15) is 0 Å². The van der Waals surface area contributed by atoms with Crippen molar-refractivity contribution < 1.29 is 71.4 Å². The quantitative estimate of drug-likeness (QED) is 0.266. The number of carbonyl (C=O) groups is 6. The topological polar surface area (TPSA) is 185 Å². The number of ether oxygens (including phenoxy) is 9. The van der Waals surface area contributed by atoms with E-state index in [4.69, 9.17) is 42.6 Å². The third-order valence-electron chi connectivity index (χ3n) is 5.85. The van der Waals surface area contributed by atoms with Crippen molar-refractivity contribution in [3.05, 3.63) is 0 Å². The smallest absolute Gasteiger partial charge is 0.303 e. The predicted molar refractivity (Wildman–Crippen MR) is 128 cm³/mol. The molecule has 2 saturated heterocycles. The van der Waals surface area contributed by atoms with Crippen molar-refractivity contribution in [2.45, 2.75) is 117 Å². The second-order valence-electron chi connectivity index (χ2n) is 9.36. The van der Waals surface area contributed by atoms with Crippen LogP contribution in [-0.4, -0.2) is 104 Å². The molecule has 40 heavy (non-hydrogen) atoms. The van der Waals surface area contributed by atoms with Gasteiger partial charge in [0.05, 0.1) is 12.2 Å². The van der Waals surface area contributed by atoms with Crippen molar-refractivity contribution in [3.8, 4) is 0 Å². The molecule has 15 nitrogen and oxygen atoms in total. The van der Waals surface area contributed by atoms with Crippen LogP contribution in [0.3, 0.4) is 0 Å². The summed E-state index contributed by atoms with van der Waals surface area (Å²) in [7, 11) is 0. The Morgan fingerprint density at radius 3 is 1.30 bits per heavy atom. The standard InChI is InChI=1S/C25H36O15/c1-10-19(35-13(4)27)22(37-15(6)29)21(18(33-10)9-32-12(3)26)40-25-24(39-17(8)31)23(38-16(7)30)20(11(2)34-25)36-14(5)28/h10-11,18-25H,9H2,1-8H3/t10?,11-,18-,19+,20-,21-,22-,23+,24-,25?/m1/s1. The molecule has 2 rings (SSSR count). The SMILES string of the molecule is CC(=O)OC[C@H]1OC(C)[C@H](OC(C)=O)[C@@H](OC(C)=O)[C@@H]1OC1O[C@H](C)[C@@H](OC(C)=O)[C@H](OC(C)=O)[C@H]1OC(C)=O. The largest absolute Gasteiger partial charge is 0.463 e. The van der Waals surface area contributed by atoms with Gasteiger partial charge in [0.2, 0.25) is 0 Å². The highest BCUT2D eigenvalue weighted by Gasteiger charge is 2.55. The number of hydrogen-bond acceptors (Lipinski definition) is 15. The van der Waals surface area contributed by atoms with Crippen molar-refractivity contribution in [1.82, 2.24) is 0 Å². The maximum atomic E-state index is 12.1. The minimum Gasteiger partial charge on any atom is -0.463 e. The lowest BCUT2D eigenvalue weighted by molar-refractivity contribution is -0.339. The zero-order valence-electron chi connectivity index (χ0n) is 23.6. The van der Waals surface area contributed by atoms with E-state index in [1.54, 1.807) is 6.92 Å². The van der Waals surface area contributed by atoms with Crippen LogP contribution in [0.5, 0.6) is 0 Å². The van der Waals surface area contributed by atoms with E-state index in [-0.39, 0.29) is 6.61 Å². The van der Waals surface area contributed by atoms with E-state index >= 15 is 0 Å². The van der Waals surface area contributed by atoms with Crippen molar-refractivity contribution in [2.75, 3.05) is 6.61 Å². The summed E-state index contributed by atoms with van der Waals surface area (Å²) in [6.07, 6.45) is -12.3. The van der Waals surface area contributed by atoms with E-state index in [2.05, 4.69) is 0 Å². The Balaban J connectivity index is 2.56. The van der Waals surface area contributed by atoms with Crippen LogP contribution in [0.25, 0.3) is 0 Å². The van der Waals surface area contributed by atoms with E-state index in [0.29, 0.717) is 0 Å². The van der Waals surface area contributed by atoms with Gasteiger partial charge in [-0.1, -0.05) is 0 Å². The number of rotatable bonds is 9. The van der Waals surface area contributed by atoms with Crippen LogP contribution in [0, 0.1) is 0 Å². The summed E-state index contributed by atoms with van der Waals surface area (Å²) in [6, 6.07) is 0. The molecule has 0 bridgehead atoms. The van der Waals surface area contributed by atoms with Crippen LogP contribution < -0.4 is 0 Å². The van der Waals surface area contributed by atoms with Gasteiger partial charge in [0.1, 0.15) is 18.8 Å². The third-order valence-corrected chi connectivity index (χ3v) is 5.85. The van der Waals surface area contributed by atoms with E-state index < -0.39 is 97.0 Å². The van der Waals surface area contributed by atoms with Gasteiger partial charge in [0.15, 0.2) is 36.8 Å². The number of esters is 6. The molecule has 0 aromatic rings. The molecule has 0 saturated carbocycles. The fourth-order valence-electron chi connectivity index (χ4n) is 4.51. The van der Waals surface area contributed by atoms with Gasteiger partial charge >= 0.3 is 35.8 Å². The summed E-state index contributed by atoms with van der Waals surface area (Å²) in [4.78, 5) is 71.4. The zero-order chi connectivity index (χ0) is 30.3. The molecule has 10 atom stereocenters. The minimum absolute atomic E-state index is 0.362. The Hall–Kier alpha value is -3.30. The highest BCUT2D eigenvalue weighted by atomic mass is 16.7. The summed E-state index contributed by atoms with van der Waals surface area (Å²) >= 11 is 0. The van der Waals surface area contributed by atoms with Gasteiger partial charge in [0, 0.05) is 41.5 Å². The third kappa shape index (κ3) is 9.13. The average Bonchev–Trinajstić information content (AvgIpc) is 2.80. The van der Waals surface area contributed by atoms with Crippen LogP contribution in [0.15, 0.2) is 0 Å². The maximum absolute atomic E-state index is 12.1. The molecule has 2 heterocycles. The first kappa shape index (κ1) is 32.9. The average molecular weight is 577 g/mol. The summed E-state index contributed by atoms with van der Waals surface area (Å²) in [6.45, 7) is 9.50. The van der Waals surface area contributed by atoms with Gasteiger partial charge in [-0.25, -0.2) is 0 Å². The lowest BCUT2D eigenvalue weighted by Gasteiger charge is -2.48. The molecule has 0 aromatic carbocycles. The molecule has 0 N–H and O–H groups in total.